The summed E-state index contributed by atoms with van der Waals surface area (Å²) >= 11 is 0. The van der Waals surface area contributed by atoms with E-state index < -0.39 is 140 Å². The van der Waals surface area contributed by atoms with Crippen molar-refractivity contribution in [3.63, 3.8) is 0 Å². The van der Waals surface area contributed by atoms with Crippen molar-refractivity contribution in [2.75, 3.05) is 48.8 Å². The molecular weight excluding hydrogens is 1610 g/mol. The van der Waals surface area contributed by atoms with E-state index in [9.17, 15) is 104 Å². The summed E-state index contributed by atoms with van der Waals surface area (Å²) in [6.07, 6.45) is 0. The van der Waals surface area contributed by atoms with Gasteiger partial charge in [-0.25, -0.2) is 16.8 Å². The van der Waals surface area contributed by atoms with Gasteiger partial charge in [0, 0.05) is 41.5 Å². The maximum Gasteiger partial charge on any atom is 0.438 e. The highest BCUT2D eigenvalue weighted by atomic mass is 32.2. The largest absolute Gasteiger partial charge is 0.497 e. The summed E-state index contributed by atoms with van der Waals surface area (Å²) in [5.74, 6) is -57.5. The van der Waals surface area contributed by atoms with E-state index in [2.05, 4.69) is 0 Å². The lowest BCUT2D eigenvalue weighted by molar-refractivity contribution is -0.419. The Balaban J connectivity index is 0.000000307. The first-order valence-electron chi connectivity index (χ1n) is 30.2. The molecule has 0 amide bonds. The third kappa shape index (κ3) is 15.8. The molecule has 8 aromatic carbocycles. The van der Waals surface area contributed by atoms with E-state index in [0.29, 0.717) is 72.2 Å². The van der Waals surface area contributed by atoms with Gasteiger partial charge in [0.1, 0.15) is 46.9 Å². The van der Waals surface area contributed by atoms with Gasteiger partial charge >= 0.3 is 78.1 Å². The molecule has 0 heterocycles. The first kappa shape index (κ1) is 87.9. The Morgan fingerprint density at radius 2 is 0.664 bits per heavy atom. The van der Waals surface area contributed by atoms with E-state index in [4.69, 9.17) is 47.0 Å². The quantitative estimate of drug-likeness (QED) is 0.0241. The third-order valence-electron chi connectivity index (χ3n) is 16.3. The summed E-state index contributed by atoms with van der Waals surface area (Å²) in [5, 5.41) is -14.7. The van der Waals surface area contributed by atoms with Gasteiger partial charge in [-0.1, -0.05) is 24.3 Å². The lowest BCUT2D eigenvalue weighted by atomic mass is 9.89. The molecule has 42 heteroatoms. The van der Waals surface area contributed by atoms with Crippen LogP contribution in [0.3, 0.4) is 0 Å². The predicted molar refractivity (Wildman–Crippen MR) is 349 cm³/mol. The predicted octanol–water partition coefficient (Wildman–Crippen LogP) is 17.9. The van der Waals surface area contributed by atoms with E-state index in [1.165, 1.54) is 40.6 Å². The van der Waals surface area contributed by atoms with Crippen LogP contribution in [-0.4, -0.2) is 138 Å². The minimum absolute atomic E-state index is 0.0407. The molecule has 0 aliphatic heterocycles. The van der Waals surface area contributed by atoms with Crippen molar-refractivity contribution < 1.29 is 168 Å². The van der Waals surface area contributed by atoms with Gasteiger partial charge in [-0.15, -0.1) is 0 Å². The van der Waals surface area contributed by atoms with Gasteiger partial charge in [0.2, 0.25) is 19.7 Å². The molecule has 0 saturated heterocycles. The van der Waals surface area contributed by atoms with Crippen LogP contribution in [0.5, 0.6) is 51.7 Å². The molecule has 0 radical (unpaired) electrons. The van der Waals surface area contributed by atoms with E-state index in [1.807, 2.05) is 19.1 Å². The van der Waals surface area contributed by atoms with E-state index in [1.54, 1.807) is 55.6 Å². The van der Waals surface area contributed by atoms with Crippen molar-refractivity contribution in [3.05, 3.63) is 186 Å². The molecule has 0 spiro atoms. The van der Waals surface area contributed by atoms with Crippen LogP contribution < -0.4 is 33.2 Å². The summed E-state index contributed by atoms with van der Waals surface area (Å²) in [6, 6.07) is 29.6. The zero-order valence-corrected chi connectivity index (χ0v) is 60.3. The second kappa shape index (κ2) is 31.1. The summed E-state index contributed by atoms with van der Waals surface area (Å²) < 4.78 is 444. The molecule has 0 saturated carbocycles. The number of aryl methyl sites for hydroxylation is 3. The number of halogens is 20. The number of ether oxygens (including phenoxy) is 8. The number of methoxy groups -OCH3 is 5. The van der Waals surface area contributed by atoms with E-state index in [0.717, 1.165) is 65.2 Å². The highest BCUT2D eigenvalue weighted by Crippen LogP contribution is 2.64. The van der Waals surface area contributed by atoms with Crippen LogP contribution in [0.1, 0.15) is 27.8 Å². The van der Waals surface area contributed by atoms with Crippen molar-refractivity contribution in [1.29, 1.82) is 0 Å². The average molecular weight is 1670 g/mol. The van der Waals surface area contributed by atoms with Gasteiger partial charge in [-0.2, -0.15) is 105 Å². The summed E-state index contributed by atoms with van der Waals surface area (Å²) in [6.45, 7) is 3.35. The minimum Gasteiger partial charge on any atom is -0.497 e. The van der Waals surface area contributed by atoms with Gasteiger partial charge in [-0.05, 0) is 170 Å². The maximum atomic E-state index is 15.2. The first-order valence-corrected chi connectivity index (χ1v) is 36.1. The van der Waals surface area contributed by atoms with Crippen LogP contribution in [0.25, 0.3) is 22.3 Å². The number of hydrogen-bond donors (Lipinski definition) is 2. The summed E-state index contributed by atoms with van der Waals surface area (Å²) in [5.41, 5.74) is -3.14. The Hall–Kier alpha value is -9.36. The van der Waals surface area contributed by atoms with Crippen LogP contribution in [0.2, 0.25) is 0 Å². The topological polar surface area (TPSA) is 251 Å². The number of rotatable bonds is 30. The fourth-order valence-corrected chi connectivity index (χ4v) is 13.6. The molecule has 0 aromatic heterocycles. The molecule has 600 valence electrons. The van der Waals surface area contributed by atoms with Crippen molar-refractivity contribution in [2.45, 2.75) is 98.2 Å². The molecule has 0 unspecified atom stereocenters. The molecule has 2 N–H and O–H groups in total. The van der Waals surface area contributed by atoms with Crippen LogP contribution in [-0.2, 0) is 56.5 Å². The van der Waals surface area contributed by atoms with Crippen molar-refractivity contribution in [3.8, 4) is 74.0 Å². The molecule has 8 aromatic rings. The Kier molecular flexibility index (Phi) is 24.8. The van der Waals surface area contributed by atoms with Crippen LogP contribution in [0.4, 0.5) is 87.8 Å². The van der Waals surface area contributed by atoms with Crippen LogP contribution in [0.15, 0.2) is 177 Å². The second-order valence-electron chi connectivity index (χ2n) is 23.3. The second-order valence-corrected chi connectivity index (χ2v) is 30.1. The molecule has 0 bridgehead atoms. The lowest BCUT2D eigenvalue weighted by Crippen LogP contribution is -2.71. The number of benzene rings is 8. The van der Waals surface area contributed by atoms with Gasteiger partial charge in [0.05, 0.1) is 54.6 Å². The summed E-state index contributed by atoms with van der Waals surface area (Å²) in [7, 11) is -17.8. The maximum absolute atomic E-state index is 15.2. The van der Waals surface area contributed by atoms with Crippen molar-refractivity contribution >= 4 is 39.9 Å². The smallest absolute Gasteiger partial charge is 0.438 e. The first-order chi connectivity index (χ1) is 50.4. The standard InChI is InChI=1S/C34H26F12O9S2.C34H30F8O9S2/c1-18-5-10-23(17-26(18)29(35,36)30(37,38)31(39,40)32(41,42)33(43,44)34(45,46)57(49,50)51)56(47,48)22-11-6-19(7-12-22)55-21-9-14-25(28(16-21)54-4)24-13-8-20(52-2)15-27(24)53-3;1-20-5-10-26(19-27(20)31(35,36)32(37,38)33(39,40)34(41,42)53(45,46)47)52(43,44)25-11-8-24(9-12-25)51-29-14-7-23(18-30(29)50-16-15-48-3)22-6-13-28(49-4)21(2)17-22/h5-17H,1-4H3,(H,49,50,51);5-14,17-19H,15-16H2,1-4H3,(H,45,46,47). The highest BCUT2D eigenvalue weighted by Gasteiger charge is 2.92. The number of sulfone groups is 2. The number of hydrogen-bond acceptors (Lipinski definition) is 16. The van der Waals surface area contributed by atoms with Crippen molar-refractivity contribution in [1.82, 2.24) is 0 Å². The van der Waals surface area contributed by atoms with Crippen LogP contribution >= 0.6 is 0 Å². The Labute approximate surface area is 612 Å². The fraction of sp³-hybridized carbons (Fsp3) is 0.294. The zero-order chi connectivity index (χ0) is 83.2. The fourth-order valence-electron chi connectivity index (χ4n) is 10.1. The lowest BCUT2D eigenvalue weighted by Gasteiger charge is -2.40. The normalized spacial score (nSPS) is 13.4. The molecule has 0 aliphatic carbocycles. The monoisotopic (exact) mass is 1670 g/mol. The molecule has 110 heavy (non-hydrogen) atoms. The SMILES string of the molecule is COCCOc1cc(-c2ccc(OC)c(C)c2)ccc1Oc1ccc(S(=O)(=O)c2ccc(C)c(C(F)(F)C(F)(F)C(F)(F)C(F)(F)S(=O)(=O)O)c2)cc1.COc1ccc(-c2ccc(Oc3ccc(S(=O)(=O)c4ccc(C)c(C(F)(F)C(F)(F)C(F)(F)C(F)(F)C(F)(F)C(F)(F)S(=O)(=O)O)c4)cc3)cc2OC)c(OC)c1. The minimum atomic E-state index is -8.31. The highest BCUT2D eigenvalue weighted by molar-refractivity contribution is 7.92. The van der Waals surface area contributed by atoms with E-state index >= 15 is 17.6 Å². The zero-order valence-electron chi connectivity index (χ0n) is 57.0. The van der Waals surface area contributed by atoms with Gasteiger partial charge in [-0.3, -0.25) is 9.11 Å². The molecule has 0 fully saturated rings. The van der Waals surface area contributed by atoms with Gasteiger partial charge < -0.3 is 37.9 Å². The molecule has 18 nitrogen and oxygen atoms in total. The van der Waals surface area contributed by atoms with Gasteiger partial charge in [0.25, 0.3) is 0 Å². The van der Waals surface area contributed by atoms with E-state index in [-0.39, 0.29) is 54.1 Å². The van der Waals surface area contributed by atoms with Crippen LogP contribution in [0, 0.1) is 20.8 Å². The molecule has 0 aliphatic rings. The van der Waals surface area contributed by atoms with Crippen molar-refractivity contribution in [2.24, 2.45) is 0 Å². The number of alkyl halides is 20. The third-order valence-corrected chi connectivity index (χ3v) is 21.6. The average Bonchev–Trinajstić information content (AvgIpc) is 0.702. The summed E-state index contributed by atoms with van der Waals surface area (Å²) in [4.78, 5) is -3.85. The molecule has 0 atom stereocenters. The Bertz CT molecular complexity index is 5210. The Morgan fingerprint density at radius 3 is 1.06 bits per heavy atom. The molecule has 8 rings (SSSR count). The molecular formula is C68H56F20O18S4. The van der Waals surface area contributed by atoms with Gasteiger partial charge in [0.15, 0.2) is 11.5 Å². The Morgan fingerprint density at radius 1 is 0.309 bits per heavy atom.